The summed E-state index contributed by atoms with van der Waals surface area (Å²) in [5.41, 5.74) is 7.08. The van der Waals surface area contributed by atoms with Crippen LogP contribution in [0.25, 0.3) is 0 Å². The number of carbonyl (C=O) groups excluding carboxylic acids is 1. The summed E-state index contributed by atoms with van der Waals surface area (Å²) in [4.78, 5) is 20.7. The average Bonchev–Trinajstić information content (AvgIpc) is 3.04. The minimum absolute atomic E-state index is 0. The lowest BCUT2D eigenvalue weighted by Crippen LogP contribution is -2.48. The van der Waals surface area contributed by atoms with E-state index in [1.165, 1.54) is 11.3 Å². The summed E-state index contributed by atoms with van der Waals surface area (Å²) in [6.45, 7) is 3.23. The molecule has 0 unspecified atom stereocenters. The predicted octanol–water partition coefficient (Wildman–Crippen LogP) is 2.11. The van der Waals surface area contributed by atoms with Crippen molar-refractivity contribution in [2.45, 2.75) is 6.54 Å². The number of amides is 1. The van der Waals surface area contributed by atoms with Crippen molar-refractivity contribution in [3.63, 3.8) is 0 Å². The number of anilines is 1. The number of hydrogen-bond acceptors (Lipinski definition) is 6. The van der Waals surface area contributed by atoms with Gasteiger partial charge in [0.1, 0.15) is 16.5 Å². The van der Waals surface area contributed by atoms with E-state index in [4.69, 9.17) is 5.73 Å². The summed E-state index contributed by atoms with van der Waals surface area (Å²) in [7, 11) is 0. The molecule has 1 aliphatic heterocycles. The highest BCUT2D eigenvalue weighted by atomic mass is 35.5. The van der Waals surface area contributed by atoms with Gasteiger partial charge in [-0.2, -0.15) is 0 Å². The maximum Gasteiger partial charge on any atom is 0.273 e. The number of nitrogens with zero attached hydrogens (tertiary/aromatic N) is 3. The lowest BCUT2D eigenvalue weighted by atomic mass is 10.2. The Morgan fingerprint density at radius 2 is 1.79 bits per heavy atom. The highest BCUT2D eigenvalue weighted by molar-refractivity contribution is 7.09. The van der Waals surface area contributed by atoms with E-state index in [-0.39, 0.29) is 36.5 Å². The van der Waals surface area contributed by atoms with Crippen LogP contribution in [-0.2, 0) is 6.54 Å². The average molecular weight is 391 g/mol. The van der Waals surface area contributed by atoms with Gasteiger partial charge in [0.05, 0.1) is 0 Å². The van der Waals surface area contributed by atoms with Gasteiger partial charge in [-0.05, 0) is 24.3 Å². The van der Waals surface area contributed by atoms with E-state index in [1.54, 1.807) is 17.5 Å². The third-order valence-electron chi connectivity index (χ3n) is 3.73. The van der Waals surface area contributed by atoms with Gasteiger partial charge in [-0.25, -0.2) is 4.98 Å². The van der Waals surface area contributed by atoms with E-state index < -0.39 is 0 Å². The van der Waals surface area contributed by atoms with Crippen molar-refractivity contribution < 1.29 is 9.90 Å². The highest BCUT2D eigenvalue weighted by Crippen LogP contribution is 2.20. The minimum Gasteiger partial charge on any atom is -0.508 e. The molecule has 132 valence electrons. The van der Waals surface area contributed by atoms with E-state index in [0.29, 0.717) is 25.3 Å². The number of aromatic nitrogens is 1. The molecule has 2 aromatic rings. The van der Waals surface area contributed by atoms with Crippen molar-refractivity contribution in [2.75, 3.05) is 31.1 Å². The number of rotatable bonds is 3. The molecule has 0 spiro atoms. The number of benzene rings is 1. The maximum absolute atomic E-state index is 12.4. The first-order valence-corrected chi connectivity index (χ1v) is 8.03. The Bertz CT molecular complexity index is 658. The lowest BCUT2D eigenvalue weighted by Gasteiger charge is -2.35. The van der Waals surface area contributed by atoms with Crippen LogP contribution in [0.2, 0.25) is 0 Å². The van der Waals surface area contributed by atoms with Gasteiger partial charge >= 0.3 is 0 Å². The van der Waals surface area contributed by atoms with Crippen LogP contribution in [0.3, 0.4) is 0 Å². The van der Waals surface area contributed by atoms with Crippen LogP contribution < -0.4 is 10.6 Å². The number of hydrogen-bond donors (Lipinski definition) is 2. The van der Waals surface area contributed by atoms with Crippen molar-refractivity contribution in [3.05, 3.63) is 40.3 Å². The van der Waals surface area contributed by atoms with E-state index in [9.17, 15) is 9.90 Å². The monoisotopic (exact) mass is 390 g/mol. The quantitative estimate of drug-likeness (QED) is 0.838. The largest absolute Gasteiger partial charge is 0.508 e. The van der Waals surface area contributed by atoms with Crippen LogP contribution in [0.4, 0.5) is 5.69 Å². The molecule has 1 aromatic heterocycles. The number of halogens is 2. The molecule has 24 heavy (non-hydrogen) atoms. The van der Waals surface area contributed by atoms with Gasteiger partial charge in [0.25, 0.3) is 5.91 Å². The Morgan fingerprint density at radius 3 is 2.33 bits per heavy atom. The van der Waals surface area contributed by atoms with Crippen LogP contribution in [0.5, 0.6) is 5.75 Å². The molecule has 9 heteroatoms. The summed E-state index contributed by atoms with van der Waals surface area (Å²) >= 11 is 1.42. The summed E-state index contributed by atoms with van der Waals surface area (Å²) < 4.78 is 0. The molecule has 1 saturated heterocycles. The summed E-state index contributed by atoms with van der Waals surface area (Å²) in [5, 5.41) is 11.9. The molecule has 3 rings (SSSR count). The fourth-order valence-corrected chi connectivity index (χ4v) is 3.14. The number of phenols is 1. The third-order valence-corrected chi connectivity index (χ3v) is 4.60. The van der Waals surface area contributed by atoms with Gasteiger partial charge in [0, 0.05) is 43.8 Å². The van der Waals surface area contributed by atoms with Crippen LogP contribution in [0.1, 0.15) is 15.5 Å². The number of piperazine rings is 1. The van der Waals surface area contributed by atoms with Gasteiger partial charge in [-0.1, -0.05) is 0 Å². The normalized spacial score (nSPS) is 13.9. The summed E-state index contributed by atoms with van der Waals surface area (Å²) in [6.07, 6.45) is 0. The topological polar surface area (TPSA) is 82.7 Å². The zero-order valence-corrected chi connectivity index (χ0v) is 15.4. The van der Waals surface area contributed by atoms with Gasteiger partial charge in [-0.3, -0.25) is 4.79 Å². The molecule has 1 amide bonds. The van der Waals surface area contributed by atoms with Crippen molar-refractivity contribution in [3.8, 4) is 5.75 Å². The van der Waals surface area contributed by atoms with Crippen LogP contribution in [-0.4, -0.2) is 47.1 Å². The third kappa shape index (κ3) is 4.51. The smallest absolute Gasteiger partial charge is 0.273 e. The predicted molar refractivity (Wildman–Crippen MR) is 101 cm³/mol. The Labute approximate surface area is 157 Å². The first-order valence-electron chi connectivity index (χ1n) is 7.15. The molecule has 1 fully saturated rings. The number of phenolic OH excluding ortho intramolecular Hbond substituents is 1. The molecule has 6 nitrogen and oxygen atoms in total. The fraction of sp³-hybridized carbons (Fsp3) is 0.333. The molecular weight excluding hydrogens is 371 g/mol. The van der Waals surface area contributed by atoms with Crippen molar-refractivity contribution >= 4 is 47.7 Å². The summed E-state index contributed by atoms with van der Waals surface area (Å²) in [6, 6.07) is 7.13. The second-order valence-corrected chi connectivity index (χ2v) is 6.07. The molecule has 0 bridgehead atoms. The Balaban J connectivity index is 0.00000144. The van der Waals surface area contributed by atoms with Gasteiger partial charge in [0.2, 0.25) is 0 Å². The molecule has 3 N–H and O–H groups in total. The number of nitrogens with two attached hydrogens (primary N) is 1. The van der Waals surface area contributed by atoms with Gasteiger partial charge < -0.3 is 20.6 Å². The first kappa shape index (κ1) is 20.5. The molecule has 0 saturated carbocycles. The molecule has 0 aliphatic carbocycles. The second-order valence-electron chi connectivity index (χ2n) is 5.13. The number of carbonyl (C=O) groups is 1. The van der Waals surface area contributed by atoms with E-state index >= 15 is 0 Å². The van der Waals surface area contributed by atoms with Gasteiger partial charge in [-0.15, -0.1) is 36.2 Å². The van der Waals surface area contributed by atoms with E-state index in [1.807, 2.05) is 17.0 Å². The number of thiazole rings is 1. The van der Waals surface area contributed by atoms with Crippen molar-refractivity contribution in [2.24, 2.45) is 5.73 Å². The fourth-order valence-electron chi connectivity index (χ4n) is 2.50. The van der Waals surface area contributed by atoms with Crippen molar-refractivity contribution in [1.82, 2.24) is 9.88 Å². The van der Waals surface area contributed by atoms with E-state index in [0.717, 1.165) is 23.8 Å². The Morgan fingerprint density at radius 1 is 1.17 bits per heavy atom. The van der Waals surface area contributed by atoms with Crippen LogP contribution in [0.15, 0.2) is 29.6 Å². The number of aromatic hydroxyl groups is 1. The van der Waals surface area contributed by atoms with Crippen LogP contribution in [0, 0.1) is 0 Å². The molecule has 0 radical (unpaired) electrons. The van der Waals surface area contributed by atoms with Crippen molar-refractivity contribution in [1.29, 1.82) is 0 Å². The zero-order chi connectivity index (χ0) is 15.5. The molecule has 1 aliphatic rings. The SMILES string of the molecule is Cl.Cl.NCc1nc(C(=O)N2CCN(c3ccc(O)cc3)CC2)cs1. The molecule has 2 heterocycles. The lowest BCUT2D eigenvalue weighted by molar-refractivity contribution is 0.0741. The zero-order valence-electron chi connectivity index (χ0n) is 12.9. The maximum atomic E-state index is 12.4. The minimum atomic E-state index is -0.0266. The Hall–Kier alpha value is -1.54. The first-order chi connectivity index (χ1) is 10.7. The van der Waals surface area contributed by atoms with Gasteiger partial charge in [0.15, 0.2) is 0 Å². The summed E-state index contributed by atoms with van der Waals surface area (Å²) in [5.74, 6) is 0.234. The standard InChI is InChI=1S/C15H18N4O2S.2ClH/c16-9-14-17-13(10-22-14)15(21)19-7-5-18(6-8-19)11-1-3-12(20)4-2-11;;/h1-4,10,20H,5-9,16H2;2*1H. The van der Waals surface area contributed by atoms with E-state index in [2.05, 4.69) is 9.88 Å². The molecular formula is C15H20Cl2N4O2S. The second kappa shape index (κ2) is 9.08. The molecule has 1 aromatic carbocycles. The highest BCUT2D eigenvalue weighted by Gasteiger charge is 2.23. The van der Waals surface area contributed by atoms with Crippen LogP contribution >= 0.6 is 36.2 Å². The molecule has 0 atom stereocenters. The Kier molecular flexibility index (Phi) is 7.75.